The van der Waals surface area contributed by atoms with Gasteiger partial charge in [-0.25, -0.2) is 0 Å². The van der Waals surface area contributed by atoms with E-state index in [1.807, 2.05) is 18.9 Å². The van der Waals surface area contributed by atoms with Crippen molar-refractivity contribution < 1.29 is 4.79 Å². The highest BCUT2D eigenvalue weighted by molar-refractivity contribution is 5.85. The first-order valence-corrected chi connectivity index (χ1v) is 6.52. The maximum Gasteiger partial charge on any atom is 0.242 e. The smallest absolute Gasteiger partial charge is 0.242 e. The number of nitrogens with two attached hydrogens (primary N) is 1. The van der Waals surface area contributed by atoms with Crippen molar-refractivity contribution in [1.29, 1.82) is 0 Å². The second kappa shape index (κ2) is 7.22. The van der Waals surface area contributed by atoms with E-state index < -0.39 is 5.54 Å². The van der Waals surface area contributed by atoms with Crippen LogP contribution in [0.15, 0.2) is 0 Å². The van der Waals surface area contributed by atoms with E-state index in [0.29, 0.717) is 5.92 Å². The summed E-state index contributed by atoms with van der Waals surface area (Å²) in [6.45, 7) is 4.80. The van der Waals surface area contributed by atoms with Crippen LogP contribution in [0, 0.1) is 5.92 Å². The number of carbonyl (C=O) groups is 1. The lowest BCUT2D eigenvalue weighted by Crippen LogP contribution is -2.52. The van der Waals surface area contributed by atoms with Gasteiger partial charge in [0.05, 0.1) is 5.54 Å². The third kappa shape index (κ3) is 4.84. The van der Waals surface area contributed by atoms with Gasteiger partial charge in [0.1, 0.15) is 0 Å². The van der Waals surface area contributed by atoms with Crippen LogP contribution in [-0.4, -0.2) is 29.9 Å². The topological polar surface area (TPSA) is 46.3 Å². The molecule has 0 spiro atoms. The lowest BCUT2D eigenvalue weighted by Gasteiger charge is -2.30. The summed E-state index contributed by atoms with van der Waals surface area (Å²) in [5, 5.41) is 0. The Kier molecular flexibility index (Phi) is 7.10. The molecule has 0 saturated heterocycles. The molecule has 0 aromatic heterocycles. The molecule has 1 unspecified atom stereocenters. The molecule has 0 aromatic carbocycles. The molecule has 1 rings (SSSR count). The second-order valence-electron chi connectivity index (χ2n) is 5.50. The fraction of sp³-hybridized carbons (Fsp3) is 0.923. The van der Waals surface area contributed by atoms with Crippen LogP contribution in [0.25, 0.3) is 0 Å². The summed E-state index contributed by atoms with van der Waals surface area (Å²) in [5.41, 5.74) is 5.38. The van der Waals surface area contributed by atoms with Crippen molar-refractivity contribution in [3.63, 3.8) is 0 Å². The minimum absolute atomic E-state index is 0. The van der Waals surface area contributed by atoms with E-state index in [1.165, 1.54) is 25.7 Å². The SMILES string of the molecule is CCCC(C)(N)C(=O)N(C)CC1CCCC1.Cl. The van der Waals surface area contributed by atoms with Crippen LogP contribution in [0.3, 0.4) is 0 Å². The van der Waals surface area contributed by atoms with Gasteiger partial charge in [-0.15, -0.1) is 12.4 Å². The number of amides is 1. The Hall–Kier alpha value is -0.280. The zero-order chi connectivity index (χ0) is 12.2. The largest absolute Gasteiger partial charge is 0.344 e. The standard InChI is InChI=1S/C13H26N2O.ClH/c1-4-9-13(2,14)12(16)15(3)10-11-7-5-6-8-11;/h11H,4-10,14H2,1-3H3;1H. The molecule has 1 atom stereocenters. The third-order valence-electron chi connectivity index (χ3n) is 3.61. The van der Waals surface area contributed by atoms with E-state index in [-0.39, 0.29) is 18.3 Å². The molecule has 3 nitrogen and oxygen atoms in total. The molecule has 102 valence electrons. The number of nitrogens with zero attached hydrogens (tertiary/aromatic N) is 1. The lowest BCUT2D eigenvalue weighted by molar-refractivity contribution is -0.135. The first-order valence-electron chi connectivity index (χ1n) is 6.52. The fourth-order valence-electron chi connectivity index (χ4n) is 2.73. The summed E-state index contributed by atoms with van der Waals surface area (Å²) in [4.78, 5) is 14.0. The summed E-state index contributed by atoms with van der Waals surface area (Å²) >= 11 is 0. The number of likely N-dealkylation sites (N-methyl/N-ethyl adjacent to an activating group) is 1. The molecule has 1 fully saturated rings. The Bertz CT molecular complexity index is 238. The fourth-order valence-corrected chi connectivity index (χ4v) is 2.73. The molecule has 0 heterocycles. The van der Waals surface area contributed by atoms with Crippen molar-refractivity contribution in [2.75, 3.05) is 13.6 Å². The first kappa shape index (κ1) is 16.7. The zero-order valence-electron chi connectivity index (χ0n) is 11.4. The molecular formula is C13H27ClN2O. The predicted molar refractivity (Wildman–Crippen MR) is 74.3 cm³/mol. The van der Waals surface area contributed by atoms with Crippen LogP contribution in [0.4, 0.5) is 0 Å². The summed E-state index contributed by atoms with van der Waals surface area (Å²) in [7, 11) is 1.89. The van der Waals surface area contributed by atoms with E-state index in [4.69, 9.17) is 5.73 Å². The van der Waals surface area contributed by atoms with E-state index in [0.717, 1.165) is 19.4 Å². The van der Waals surface area contributed by atoms with Gasteiger partial charge in [0.2, 0.25) is 5.91 Å². The van der Waals surface area contributed by atoms with Gasteiger partial charge in [-0.1, -0.05) is 26.2 Å². The molecule has 0 aliphatic heterocycles. The molecule has 0 aromatic rings. The molecule has 1 saturated carbocycles. The molecule has 1 aliphatic rings. The van der Waals surface area contributed by atoms with Gasteiger partial charge in [-0.05, 0) is 32.1 Å². The number of carbonyl (C=O) groups excluding carboxylic acids is 1. The van der Waals surface area contributed by atoms with Crippen molar-refractivity contribution in [3.05, 3.63) is 0 Å². The quantitative estimate of drug-likeness (QED) is 0.828. The Labute approximate surface area is 112 Å². The van der Waals surface area contributed by atoms with E-state index >= 15 is 0 Å². The van der Waals surface area contributed by atoms with Gasteiger partial charge < -0.3 is 10.6 Å². The molecule has 2 N–H and O–H groups in total. The minimum atomic E-state index is -0.678. The molecule has 4 heteroatoms. The van der Waals surface area contributed by atoms with Crippen LogP contribution < -0.4 is 5.73 Å². The molecule has 1 amide bonds. The highest BCUT2D eigenvalue weighted by Crippen LogP contribution is 2.25. The Morgan fingerprint density at radius 3 is 2.41 bits per heavy atom. The Balaban J connectivity index is 0.00000256. The number of hydrogen-bond acceptors (Lipinski definition) is 2. The van der Waals surface area contributed by atoms with Gasteiger partial charge in [-0.3, -0.25) is 4.79 Å². The predicted octanol–water partition coefficient (Wildman–Crippen LogP) is 2.57. The van der Waals surface area contributed by atoms with E-state index in [9.17, 15) is 4.79 Å². The van der Waals surface area contributed by atoms with E-state index in [1.54, 1.807) is 0 Å². The number of hydrogen-bond donors (Lipinski definition) is 1. The summed E-state index contributed by atoms with van der Waals surface area (Å²) in [5.74, 6) is 0.799. The highest BCUT2D eigenvalue weighted by Gasteiger charge is 2.31. The van der Waals surface area contributed by atoms with Crippen LogP contribution >= 0.6 is 12.4 Å². The van der Waals surface area contributed by atoms with E-state index in [2.05, 4.69) is 6.92 Å². The number of rotatable bonds is 5. The molecule has 17 heavy (non-hydrogen) atoms. The Morgan fingerprint density at radius 2 is 1.94 bits per heavy atom. The molecule has 1 aliphatic carbocycles. The van der Waals surface area contributed by atoms with Gasteiger partial charge in [-0.2, -0.15) is 0 Å². The van der Waals surface area contributed by atoms with Crippen molar-refractivity contribution in [1.82, 2.24) is 4.90 Å². The van der Waals surface area contributed by atoms with Crippen LogP contribution in [-0.2, 0) is 4.79 Å². The maximum atomic E-state index is 12.1. The van der Waals surface area contributed by atoms with Crippen molar-refractivity contribution >= 4 is 18.3 Å². The van der Waals surface area contributed by atoms with Crippen molar-refractivity contribution in [2.45, 2.75) is 57.9 Å². The average Bonchev–Trinajstić information content (AvgIpc) is 2.69. The van der Waals surface area contributed by atoms with Crippen LogP contribution in [0.2, 0.25) is 0 Å². The van der Waals surface area contributed by atoms with Gasteiger partial charge in [0.25, 0.3) is 0 Å². The van der Waals surface area contributed by atoms with Gasteiger partial charge in [0.15, 0.2) is 0 Å². The molecular weight excluding hydrogens is 236 g/mol. The normalized spacial score (nSPS) is 19.5. The van der Waals surface area contributed by atoms with Crippen LogP contribution in [0.1, 0.15) is 52.4 Å². The van der Waals surface area contributed by atoms with Crippen LogP contribution in [0.5, 0.6) is 0 Å². The van der Waals surface area contributed by atoms with Crippen molar-refractivity contribution in [2.24, 2.45) is 11.7 Å². The van der Waals surface area contributed by atoms with Crippen molar-refractivity contribution in [3.8, 4) is 0 Å². The monoisotopic (exact) mass is 262 g/mol. The van der Waals surface area contributed by atoms with Gasteiger partial charge in [0, 0.05) is 13.6 Å². The summed E-state index contributed by atoms with van der Waals surface area (Å²) < 4.78 is 0. The molecule has 0 radical (unpaired) electrons. The average molecular weight is 263 g/mol. The first-order chi connectivity index (χ1) is 7.47. The Morgan fingerprint density at radius 1 is 1.41 bits per heavy atom. The second-order valence-corrected chi connectivity index (χ2v) is 5.50. The maximum absolute atomic E-state index is 12.1. The van der Waals surface area contributed by atoms with Gasteiger partial charge >= 0.3 is 0 Å². The summed E-state index contributed by atoms with van der Waals surface area (Å²) in [6, 6.07) is 0. The molecule has 0 bridgehead atoms. The lowest BCUT2D eigenvalue weighted by atomic mass is 9.95. The number of halogens is 1. The third-order valence-corrected chi connectivity index (χ3v) is 3.61. The highest BCUT2D eigenvalue weighted by atomic mass is 35.5. The summed E-state index contributed by atoms with van der Waals surface area (Å²) in [6.07, 6.45) is 6.90. The minimum Gasteiger partial charge on any atom is -0.344 e. The zero-order valence-corrected chi connectivity index (χ0v) is 12.2.